The fourth-order valence-electron chi connectivity index (χ4n) is 1.91. The summed E-state index contributed by atoms with van der Waals surface area (Å²) in [4.78, 5) is 0. The van der Waals surface area contributed by atoms with Gasteiger partial charge in [0.1, 0.15) is 23.9 Å². The summed E-state index contributed by atoms with van der Waals surface area (Å²) in [5, 5.41) is 0. The van der Waals surface area contributed by atoms with E-state index in [1.165, 1.54) is 0 Å². The predicted molar refractivity (Wildman–Crippen MR) is 78.2 cm³/mol. The monoisotopic (exact) mass is 273 g/mol. The van der Waals surface area contributed by atoms with Crippen molar-refractivity contribution in [2.24, 2.45) is 5.73 Å². The maximum Gasteiger partial charge on any atom is 0.123 e. The van der Waals surface area contributed by atoms with E-state index in [9.17, 15) is 0 Å². The van der Waals surface area contributed by atoms with Gasteiger partial charge in [-0.05, 0) is 23.8 Å². The molecule has 2 N–H and O–H groups in total. The molecule has 0 aliphatic carbocycles. The van der Waals surface area contributed by atoms with Crippen molar-refractivity contribution in [1.82, 2.24) is 0 Å². The SMILES string of the molecule is COc1cccc(OCc2ccc(CN)c(OC)c2)c1. The van der Waals surface area contributed by atoms with E-state index in [2.05, 4.69) is 0 Å². The van der Waals surface area contributed by atoms with Crippen LogP contribution < -0.4 is 19.9 Å². The first-order valence-corrected chi connectivity index (χ1v) is 6.39. The Balaban J connectivity index is 2.06. The molecule has 0 fully saturated rings. The van der Waals surface area contributed by atoms with Gasteiger partial charge in [0.2, 0.25) is 0 Å². The van der Waals surface area contributed by atoms with Crippen LogP contribution in [-0.2, 0) is 13.2 Å². The van der Waals surface area contributed by atoms with Gasteiger partial charge in [0.25, 0.3) is 0 Å². The lowest BCUT2D eigenvalue weighted by atomic mass is 10.1. The normalized spacial score (nSPS) is 10.2. The summed E-state index contributed by atoms with van der Waals surface area (Å²) in [6.07, 6.45) is 0. The van der Waals surface area contributed by atoms with Crippen LogP contribution in [-0.4, -0.2) is 14.2 Å². The van der Waals surface area contributed by atoms with Gasteiger partial charge in [-0.15, -0.1) is 0 Å². The number of benzene rings is 2. The zero-order valence-corrected chi connectivity index (χ0v) is 11.8. The van der Waals surface area contributed by atoms with Crippen LogP contribution in [0.5, 0.6) is 17.2 Å². The summed E-state index contributed by atoms with van der Waals surface area (Å²) in [5.74, 6) is 2.34. The maximum atomic E-state index is 5.74. The molecule has 0 atom stereocenters. The third-order valence-corrected chi connectivity index (χ3v) is 3.02. The molecule has 0 unspecified atom stereocenters. The molecule has 2 aromatic carbocycles. The lowest BCUT2D eigenvalue weighted by Gasteiger charge is -2.11. The summed E-state index contributed by atoms with van der Waals surface area (Å²) in [6, 6.07) is 13.4. The van der Waals surface area contributed by atoms with Crippen molar-refractivity contribution in [2.75, 3.05) is 14.2 Å². The average Bonchev–Trinajstić information content (AvgIpc) is 2.52. The molecule has 2 rings (SSSR count). The molecule has 0 radical (unpaired) electrons. The van der Waals surface area contributed by atoms with E-state index in [0.29, 0.717) is 13.2 Å². The second-order valence-electron chi connectivity index (χ2n) is 4.32. The minimum absolute atomic E-state index is 0.459. The Hall–Kier alpha value is -2.20. The van der Waals surface area contributed by atoms with Crippen molar-refractivity contribution in [3.05, 3.63) is 53.6 Å². The summed E-state index contributed by atoms with van der Waals surface area (Å²) < 4.78 is 16.2. The smallest absolute Gasteiger partial charge is 0.123 e. The van der Waals surface area contributed by atoms with Crippen LogP contribution in [0.25, 0.3) is 0 Å². The molecule has 0 saturated heterocycles. The molecule has 0 amide bonds. The first-order chi connectivity index (χ1) is 9.76. The van der Waals surface area contributed by atoms with Crippen LogP contribution in [0.1, 0.15) is 11.1 Å². The molecule has 0 aliphatic rings. The first-order valence-electron chi connectivity index (χ1n) is 6.39. The fraction of sp³-hybridized carbons (Fsp3) is 0.250. The van der Waals surface area contributed by atoms with E-state index < -0.39 is 0 Å². The van der Waals surface area contributed by atoms with Crippen molar-refractivity contribution in [1.29, 1.82) is 0 Å². The van der Waals surface area contributed by atoms with Crippen molar-refractivity contribution in [2.45, 2.75) is 13.2 Å². The second kappa shape index (κ2) is 6.82. The molecular weight excluding hydrogens is 254 g/mol. The highest BCUT2D eigenvalue weighted by Gasteiger charge is 2.04. The van der Waals surface area contributed by atoms with E-state index in [1.54, 1.807) is 14.2 Å². The number of hydrogen-bond acceptors (Lipinski definition) is 4. The van der Waals surface area contributed by atoms with Gasteiger partial charge in [0.05, 0.1) is 14.2 Å². The van der Waals surface area contributed by atoms with Crippen LogP contribution in [0.15, 0.2) is 42.5 Å². The van der Waals surface area contributed by atoms with Gasteiger partial charge < -0.3 is 19.9 Å². The quantitative estimate of drug-likeness (QED) is 0.879. The van der Waals surface area contributed by atoms with Crippen molar-refractivity contribution in [3.8, 4) is 17.2 Å². The van der Waals surface area contributed by atoms with E-state index in [0.717, 1.165) is 28.4 Å². The van der Waals surface area contributed by atoms with Crippen LogP contribution in [0, 0.1) is 0 Å². The molecule has 0 bridgehead atoms. The Bertz CT molecular complexity index is 569. The topological polar surface area (TPSA) is 53.7 Å². The summed E-state index contributed by atoms with van der Waals surface area (Å²) >= 11 is 0. The first kappa shape index (κ1) is 14.2. The second-order valence-corrected chi connectivity index (χ2v) is 4.32. The van der Waals surface area contributed by atoms with Gasteiger partial charge in [-0.1, -0.05) is 18.2 Å². The van der Waals surface area contributed by atoms with E-state index in [-0.39, 0.29) is 0 Å². The lowest BCUT2D eigenvalue weighted by molar-refractivity contribution is 0.302. The number of ether oxygens (including phenoxy) is 3. The van der Waals surface area contributed by atoms with E-state index in [4.69, 9.17) is 19.9 Å². The van der Waals surface area contributed by atoms with Gasteiger partial charge in [-0.2, -0.15) is 0 Å². The van der Waals surface area contributed by atoms with Crippen LogP contribution >= 0.6 is 0 Å². The molecule has 20 heavy (non-hydrogen) atoms. The zero-order valence-electron chi connectivity index (χ0n) is 11.8. The fourth-order valence-corrected chi connectivity index (χ4v) is 1.91. The molecule has 4 heteroatoms. The van der Waals surface area contributed by atoms with Crippen LogP contribution in [0.2, 0.25) is 0 Å². The third kappa shape index (κ3) is 3.42. The Kier molecular flexibility index (Phi) is 4.85. The number of methoxy groups -OCH3 is 2. The maximum absolute atomic E-state index is 5.74. The molecule has 0 spiro atoms. The van der Waals surface area contributed by atoms with Crippen molar-refractivity contribution in [3.63, 3.8) is 0 Å². The van der Waals surface area contributed by atoms with Crippen LogP contribution in [0.4, 0.5) is 0 Å². The molecule has 4 nitrogen and oxygen atoms in total. The van der Waals surface area contributed by atoms with Gasteiger partial charge in [0.15, 0.2) is 0 Å². The van der Waals surface area contributed by atoms with Gasteiger partial charge >= 0.3 is 0 Å². The Morgan fingerprint density at radius 3 is 2.45 bits per heavy atom. The largest absolute Gasteiger partial charge is 0.497 e. The predicted octanol–water partition coefficient (Wildman–Crippen LogP) is 2.74. The summed E-state index contributed by atoms with van der Waals surface area (Å²) in [6.45, 7) is 0.925. The summed E-state index contributed by atoms with van der Waals surface area (Å²) in [7, 11) is 3.27. The van der Waals surface area contributed by atoms with Crippen molar-refractivity contribution >= 4 is 0 Å². The van der Waals surface area contributed by atoms with E-state index in [1.807, 2.05) is 42.5 Å². The number of nitrogens with two attached hydrogens (primary N) is 1. The number of rotatable bonds is 6. The summed E-state index contributed by atoms with van der Waals surface area (Å²) in [5.41, 5.74) is 7.66. The lowest BCUT2D eigenvalue weighted by Crippen LogP contribution is -2.02. The molecule has 2 aromatic rings. The Morgan fingerprint density at radius 1 is 0.950 bits per heavy atom. The van der Waals surface area contributed by atoms with Gasteiger partial charge in [-0.3, -0.25) is 0 Å². The molecule has 0 aliphatic heterocycles. The minimum Gasteiger partial charge on any atom is -0.497 e. The van der Waals surface area contributed by atoms with Crippen LogP contribution in [0.3, 0.4) is 0 Å². The standard InChI is InChI=1S/C16H19NO3/c1-18-14-4-3-5-15(9-14)20-11-12-6-7-13(10-17)16(8-12)19-2/h3-9H,10-11,17H2,1-2H3. The average molecular weight is 273 g/mol. The Morgan fingerprint density at radius 2 is 1.75 bits per heavy atom. The third-order valence-electron chi connectivity index (χ3n) is 3.02. The van der Waals surface area contributed by atoms with Crippen molar-refractivity contribution < 1.29 is 14.2 Å². The van der Waals surface area contributed by atoms with E-state index >= 15 is 0 Å². The molecule has 0 aromatic heterocycles. The highest BCUT2D eigenvalue weighted by Crippen LogP contribution is 2.23. The zero-order chi connectivity index (χ0) is 14.4. The highest BCUT2D eigenvalue weighted by molar-refractivity contribution is 5.38. The molecule has 106 valence electrons. The Labute approximate surface area is 119 Å². The van der Waals surface area contributed by atoms with Gasteiger partial charge in [-0.25, -0.2) is 0 Å². The molecule has 0 heterocycles. The molecule has 0 saturated carbocycles. The highest BCUT2D eigenvalue weighted by atomic mass is 16.5. The number of hydrogen-bond donors (Lipinski definition) is 1. The van der Waals surface area contributed by atoms with Gasteiger partial charge in [0, 0.05) is 18.2 Å². The molecular formula is C16H19NO3. The minimum atomic E-state index is 0.459.